The average Bonchev–Trinajstić information content (AvgIpc) is 3.04. The maximum absolute atomic E-state index is 13.2. The summed E-state index contributed by atoms with van der Waals surface area (Å²) in [6.07, 6.45) is -3.07. The van der Waals surface area contributed by atoms with Gasteiger partial charge in [0.05, 0.1) is 11.3 Å². The topological polar surface area (TPSA) is 54.3 Å². The molecule has 1 saturated heterocycles. The van der Waals surface area contributed by atoms with Crippen molar-refractivity contribution in [2.24, 2.45) is 0 Å². The number of alkyl halides is 3. The maximum Gasteiger partial charge on any atom is 0.416 e. The Morgan fingerprint density at radius 1 is 1.00 bits per heavy atom. The van der Waals surface area contributed by atoms with Crippen molar-refractivity contribution in [1.29, 1.82) is 0 Å². The SMILES string of the molecule is Cc1cc(C=C2C(=O)NC(=S)N(c3ccc(Cl)cc3)C2=O)c(C)n1-c1cccc(C(F)(F)F)c1. The Morgan fingerprint density at radius 2 is 1.68 bits per heavy atom. The molecule has 1 aliphatic rings. The lowest BCUT2D eigenvalue weighted by molar-refractivity contribution is -0.137. The number of aromatic nitrogens is 1. The molecule has 1 fully saturated rings. The predicted molar refractivity (Wildman–Crippen MR) is 128 cm³/mol. The van der Waals surface area contributed by atoms with Crippen LogP contribution in [0.5, 0.6) is 0 Å². The molecule has 0 spiro atoms. The zero-order valence-corrected chi connectivity index (χ0v) is 19.5. The smallest absolute Gasteiger partial charge is 0.318 e. The standard InChI is InChI=1S/C24H17ClF3N3O2S/c1-13-10-15(14(2)30(13)19-5-3-4-16(12-19)24(26,27)28)11-20-21(32)29-23(34)31(22(20)33)18-8-6-17(25)7-9-18/h3-12H,1-2H3,(H,29,32,34). The van der Waals surface area contributed by atoms with Crippen molar-refractivity contribution in [2.45, 2.75) is 20.0 Å². The van der Waals surface area contributed by atoms with E-state index in [1.165, 1.54) is 17.0 Å². The quantitative estimate of drug-likeness (QED) is 0.288. The molecular formula is C24H17ClF3N3O2S. The lowest BCUT2D eigenvalue weighted by Crippen LogP contribution is -2.54. The van der Waals surface area contributed by atoms with E-state index >= 15 is 0 Å². The van der Waals surface area contributed by atoms with E-state index in [2.05, 4.69) is 5.32 Å². The molecule has 0 atom stereocenters. The van der Waals surface area contributed by atoms with Gasteiger partial charge in [-0.3, -0.25) is 19.8 Å². The van der Waals surface area contributed by atoms with E-state index in [1.807, 2.05) is 0 Å². The summed E-state index contributed by atoms with van der Waals surface area (Å²) >= 11 is 11.1. The number of anilines is 1. The van der Waals surface area contributed by atoms with Gasteiger partial charge in [-0.25, -0.2) is 0 Å². The molecule has 0 radical (unpaired) electrons. The van der Waals surface area contributed by atoms with Crippen LogP contribution in [0.3, 0.4) is 0 Å². The molecule has 0 bridgehead atoms. The summed E-state index contributed by atoms with van der Waals surface area (Å²) in [5.74, 6) is -1.29. The summed E-state index contributed by atoms with van der Waals surface area (Å²) < 4.78 is 41.2. The number of aryl methyl sites for hydroxylation is 1. The first-order valence-electron chi connectivity index (χ1n) is 10.0. The van der Waals surface area contributed by atoms with E-state index in [-0.39, 0.29) is 10.7 Å². The van der Waals surface area contributed by atoms with Crippen LogP contribution in [0.2, 0.25) is 5.02 Å². The second-order valence-electron chi connectivity index (χ2n) is 7.64. The third-order valence-corrected chi connectivity index (χ3v) is 5.92. The van der Waals surface area contributed by atoms with Crippen molar-refractivity contribution in [2.75, 3.05) is 4.90 Å². The zero-order valence-electron chi connectivity index (χ0n) is 17.9. The zero-order chi connectivity index (χ0) is 24.8. The second-order valence-corrected chi connectivity index (χ2v) is 8.47. The average molecular weight is 504 g/mol. The molecule has 0 unspecified atom stereocenters. The maximum atomic E-state index is 13.2. The monoisotopic (exact) mass is 503 g/mol. The summed E-state index contributed by atoms with van der Waals surface area (Å²) in [5.41, 5.74) is 1.53. The van der Waals surface area contributed by atoms with Gasteiger partial charge in [-0.05, 0) is 86.2 Å². The van der Waals surface area contributed by atoms with Crippen LogP contribution in [-0.4, -0.2) is 21.5 Å². The Labute approximate surface area is 203 Å². The number of nitrogens with one attached hydrogen (secondary N) is 1. The Bertz CT molecular complexity index is 1360. The van der Waals surface area contributed by atoms with E-state index in [4.69, 9.17) is 23.8 Å². The first kappa shape index (κ1) is 23.7. The van der Waals surface area contributed by atoms with Gasteiger partial charge in [0.25, 0.3) is 11.8 Å². The second kappa shape index (κ2) is 8.73. The van der Waals surface area contributed by atoms with Crippen LogP contribution in [0.15, 0.2) is 60.2 Å². The molecule has 10 heteroatoms. The molecule has 2 heterocycles. The molecule has 0 saturated carbocycles. The summed E-state index contributed by atoms with van der Waals surface area (Å²) in [4.78, 5) is 27.0. The largest absolute Gasteiger partial charge is 0.416 e. The summed E-state index contributed by atoms with van der Waals surface area (Å²) in [6.45, 7) is 3.43. The van der Waals surface area contributed by atoms with Gasteiger partial charge in [0.1, 0.15) is 5.57 Å². The van der Waals surface area contributed by atoms with Gasteiger partial charge in [-0.1, -0.05) is 17.7 Å². The molecule has 3 aromatic rings. The summed E-state index contributed by atoms with van der Waals surface area (Å²) in [7, 11) is 0. The molecular weight excluding hydrogens is 487 g/mol. The molecule has 1 N–H and O–H groups in total. The van der Waals surface area contributed by atoms with E-state index in [9.17, 15) is 22.8 Å². The molecule has 174 valence electrons. The van der Waals surface area contributed by atoms with Crippen LogP contribution in [0.1, 0.15) is 22.5 Å². The van der Waals surface area contributed by atoms with Crippen molar-refractivity contribution < 1.29 is 22.8 Å². The third-order valence-electron chi connectivity index (χ3n) is 5.39. The third kappa shape index (κ3) is 4.36. The normalized spacial score (nSPS) is 15.8. The van der Waals surface area contributed by atoms with Crippen molar-refractivity contribution in [3.8, 4) is 5.69 Å². The Balaban J connectivity index is 1.76. The number of nitrogens with zero attached hydrogens (tertiary/aromatic N) is 2. The van der Waals surface area contributed by atoms with Crippen molar-refractivity contribution >= 4 is 52.5 Å². The van der Waals surface area contributed by atoms with E-state index in [0.717, 1.165) is 12.1 Å². The highest BCUT2D eigenvalue weighted by Gasteiger charge is 2.35. The number of halogens is 4. The van der Waals surface area contributed by atoms with E-state index in [0.29, 0.717) is 33.3 Å². The van der Waals surface area contributed by atoms with Crippen LogP contribution in [-0.2, 0) is 15.8 Å². The molecule has 34 heavy (non-hydrogen) atoms. The number of carbonyl (C=O) groups excluding carboxylic acids is 2. The van der Waals surface area contributed by atoms with Crippen LogP contribution < -0.4 is 10.2 Å². The number of thiocarbonyl (C=S) groups is 1. The number of hydrogen-bond acceptors (Lipinski definition) is 3. The van der Waals surface area contributed by atoms with Gasteiger partial charge >= 0.3 is 6.18 Å². The first-order chi connectivity index (χ1) is 16.0. The van der Waals surface area contributed by atoms with Crippen molar-refractivity contribution in [3.63, 3.8) is 0 Å². The minimum Gasteiger partial charge on any atom is -0.318 e. The fourth-order valence-corrected chi connectivity index (χ4v) is 4.20. The fraction of sp³-hybridized carbons (Fsp3) is 0.125. The van der Waals surface area contributed by atoms with E-state index in [1.54, 1.807) is 54.8 Å². The number of benzene rings is 2. The van der Waals surface area contributed by atoms with Crippen molar-refractivity contribution in [3.05, 3.63) is 87.7 Å². The molecule has 1 aliphatic heterocycles. The van der Waals surface area contributed by atoms with Gasteiger partial charge < -0.3 is 4.57 Å². The molecule has 0 aliphatic carbocycles. The molecule has 1 aromatic heterocycles. The highest BCUT2D eigenvalue weighted by atomic mass is 35.5. The lowest BCUT2D eigenvalue weighted by atomic mass is 10.1. The van der Waals surface area contributed by atoms with Crippen LogP contribution >= 0.6 is 23.8 Å². The van der Waals surface area contributed by atoms with Crippen LogP contribution in [0, 0.1) is 13.8 Å². The highest BCUT2D eigenvalue weighted by molar-refractivity contribution is 7.80. The Kier molecular flexibility index (Phi) is 6.09. The molecule has 2 amide bonds. The van der Waals surface area contributed by atoms with Crippen molar-refractivity contribution in [1.82, 2.24) is 9.88 Å². The summed E-state index contributed by atoms with van der Waals surface area (Å²) in [6, 6.07) is 13.0. The Morgan fingerprint density at radius 3 is 2.32 bits per heavy atom. The van der Waals surface area contributed by atoms with Crippen LogP contribution in [0.4, 0.5) is 18.9 Å². The first-order valence-corrected chi connectivity index (χ1v) is 10.8. The van der Waals surface area contributed by atoms with E-state index < -0.39 is 23.6 Å². The number of rotatable bonds is 3. The van der Waals surface area contributed by atoms with Gasteiger partial charge in [0.15, 0.2) is 5.11 Å². The highest BCUT2D eigenvalue weighted by Crippen LogP contribution is 2.32. The Hall–Kier alpha value is -3.43. The number of hydrogen-bond donors (Lipinski definition) is 1. The van der Waals surface area contributed by atoms with Crippen LogP contribution in [0.25, 0.3) is 11.8 Å². The van der Waals surface area contributed by atoms with Gasteiger partial charge in [-0.15, -0.1) is 0 Å². The minimum absolute atomic E-state index is 0.0658. The minimum atomic E-state index is -4.48. The van der Waals surface area contributed by atoms with Gasteiger partial charge in [-0.2, -0.15) is 13.2 Å². The molecule has 2 aromatic carbocycles. The van der Waals surface area contributed by atoms with Gasteiger partial charge in [0.2, 0.25) is 0 Å². The number of amides is 2. The van der Waals surface area contributed by atoms with Gasteiger partial charge in [0, 0.05) is 22.1 Å². The number of carbonyl (C=O) groups is 2. The molecule has 4 rings (SSSR count). The predicted octanol–water partition coefficient (Wildman–Crippen LogP) is 5.60. The molecule has 5 nitrogen and oxygen atoms in total. The summed E-state index contributed by atoms with van der Waals surface area (Å²) in [5, 5.41) is 2.91. The lowest BCUT2D eigenvalue weighted by Gasteiger charge is -2.28. The fourth-order valence-electron chi connectivity index (χ4n) is 3.79.